The minimum atomic E-state index is -0.433. The van der Waals surface area contributed by atoms with Gasteiger partial charge in [-0.2, -0.15) is 0 Å². The molecule has 0 saturated heterocycles. The van der Waals surface area contributed by atoms with Crippen LogP contribution in [-0.4, -0.2) is 75.1 Å². The van der Waals surface area contributed by atoms with Crippen LogP contribution in [0.5, 0.6) is 34.5 Å². The highest BCUT2D eigenvalue weighted by Gasteiger charge is 2.41. The lowest BCUT2D eigenvalue weighted by atomic mass is 9.90. The Morgan fingerprint density at radius 2 is 0.473 bits per heavy atom. The summed E-state index contributed by atoms with van der Waals surface area (Å²) in [6, 6.07) is 72.6. The van der Waals surface area contributed by atoms with Crippen molar-refractivity contribution in [2.45, 2.75) is 0 Å². The van der Waals surface area contributed by atoms with E-state index < -0.39 is 35.4 Å². The molecule has 6 aliphatic heterocycles. The number of thiophene rings is 3. The smallest absolute Gasteiger partial charge is 0.265 e. The van der Waals surface area contributed by atoms with Crippen LogP contribution in [0.15, 0.2) is 237 Å². The highest BCUT2D eigenvalue weighted by Crippen LogP contribution is 2.60. The summed E-state index contributed by atoms with van der Waals surface area (Å²) in [5, 5.41) is 3.87. The molecule has 21 rings (SSSR count). The highest BCUT2D eigenvalue weighted by molar-refractivity contribution is 7.20. The number of nitrogens with two attached hydrogens (primary N) is 3. The van der Waals surface area contributed by atoms with E-state index in [2.05, 4.69) is 77.7 Å². The van der Waals surface area contributed by atoms with Gasteiger partial charge in [0.15, 0.2) is 34.5 Å². The van der Waals surface area contributed by atoms with Gasteiger partial charge in [0, 0.05) is 100 Å². The fourth-order valence-corrected chi connectivity index (χ4v) is 19.8. The first kappa shape index (κ1) is 66.2. The van der Waals surface area contributed by atoms with E-state index >= 15 is 0 Å². The number of imide groups is 3. The predicted octanol–water partition coefficient (Wildman–Crippen LogP) is 19.3. The van der Waals surface area contributed by atoms with E-state index in [1.807, 2.05) is 54.6 Å². The van der Waals surface area contributed by atoms with Gasteiger partial charge in [-0.3, -0.25) is 28.8 Å². The molecule has 3 aromatic heterocycles. The van der Waals surface area contributed by atoms with Crippen LogP contribution in [0.1, 0.15) is 62.1 Å². The quantitative estimate of drug-likeness (QED) is 0.0760. The first-order valence-electron chi connectivity index (χ1n) is 36.1. The number of hydrogen-bond donors (Lipinski definition) is 3. The molecule has 542 valence electrons. The monoisotopic (exact) mass is 1520 g/mol. The lowest BCUT2D eigenvalue weighted by molar-refractivity contribution is 0.0877. The van der Waals surface area contributed by atoms with Crippen molar-refractivity contribution in [1.82, 2.24) is 0 Å². The predicted molar refractivity (Wildman–Crippen MR) is 439 cm³/mol. The molecule has 0 atom stereocenters. The molecule has 12 aromatic carbocycles. The van der Waals surface area contributed by atoms with Crippen molar-refractivity contribution < 1.29 is 57.2 Å². The molecule has 0 spiro atoms. The zero-order valence-electron chi connectivity index (χ0n) is 58.9. The van der Waals surface area contributed by atoms with E-state index in [0.29, 0.717) is 158 Å². The van der Waals surface area contributed by atoms with Gasteiger partial charge in [-0.25, -0.2) is 14.7 Å². The number of carbonyl (C=O) groups excluding carboxylic acids is 6. The summed E-state index contributed by atoms with van der Waals surface area (Å²) in [6.07, 6.45) is 0. The maximum Gasteiger partial charge on any atom is 0.265 e. The Kier molecular flexibility index (Phi) is 15.1. The van der Waals surface area contributed by atoms with Crippen LogP contribution in [0, 0.1) is 0 Å². The fourth-order valence-electron chi connectivity index (χ4n) is 16.1. The van der Waals surface area contributed by atoms with Gasteiger partial charge in [0.2, 0.25) is 0 Å². The van der Waals surface area contributed by atoms with E-state index in [4.69, 9.17) is 45.6 Å². The summed E-state index contributed by atoms with van der Waals surface area (Å²) in [4.78, 5) is 96.8. The zero-order valence-corrected chi connectivity index (χ0v) is 61.4. The van der Waals surface area contributed by atoms with Crippen LogP contribution < -0.4 is 65.2 Å². The van der Waals surface area contributed by atoms with Crippen molar-refractivity contribution in [2.75, 3.05) is 76.4 Å². The second-order valence-corrected chi connectivity index (χ2v) is 30.7. The van der Waals surface area contributed by atoms with E-state index in [1.165, 1.54) is 48.7 Å². The third kappa shape index (κ3) is 10.1. The zero-order chi connectivity index (χ0) is 75.5. The Bertz CT molecular complexity index is 5930. The minimum Gasteiger partial charge on any atom is -0.485 e. The number of amides is 6. The van der Waals surface area contributed by atoms with Crippen molar-refractivity contribution in [2.24, 2.45) is 0 Å². The molecule has 19 nitrogen and oxygen atoms in total. The van der Waals surface area contributed by atoms with Crippen LogP contribution in [-0.2, 0) is 0 Å². The molecule has 0 fully saturated rings. The standard InChI is InChI=1S/C90H57N7O12S3/c91-49-16-28-55(29-17-49)95-85(98)64-7-1-4-58-61(34-37-67(70(58)64)88(95)101)82-76-73(104-40-43-107-76)79(110-82)46-10-22-52(23-11-46)94(53-24-12-47(13-25-53)80-74-77(108-44-41-105-74)83(111-80)62-35-38-68-71-59(62)5-2-8-65(71)86(99)96(89(68)102)56-30-18-50(92)19-31-56)54-26-14-48(15-27-54)81-75-78(109-45-42-106-75)84(112-81)63-36-39-69-72-60(63)6-3-9-66(72)87(100)97(90(69)103)57-32-20-51(93)21-33-57/h1-39H,40-45,91-93H2. The molecular weight excluding hydrogens is 1470 g/mol. The molecule has 0 radical (unpaired) electrons. The van der Waals surface area contributed by atoms with Crippen molar-refractivity contribution >= 4 is 153 Å². The number of fused-ring (bicyclic) bond motifs is 3. The number of nitrogen functional groups attached to an aromatic ring is 3. The van der Waals surface area contributed by atoms with Gasteiger partial charge in [-0.1, -0.05) is 91.0 Å². The van der Waals surface area contributed by atoms with Gasteiger partial charge in [0.1, 0.15) is 39.6 Å². The number of rotatable bonds is 12. The lowest BCUT2D eigenvalue weighted by Crippen LogP contribution is -2.40. The second-order valence-electron chi connectivity index (χ2n) is 27.6. The Morgan fingerprint density at radius 1 is 0.250 bits per heavy atom. The van der Waals surface area contributed by atoms with Crippen LogP contribution in [0.4, 0.5) is 51.2 Å². The van der Waals surface area contributed by atoms with E-state index in [-0.39, 0.29) is 0 Å². The van der Waals surface area contributed by atoms with Crippen LogP contribution in [0.3, 0.4) is 0 Å². The first-order valence-corrected chi connectivity index (χ1v) is 38.5. The average Bonchev–Trinajstić information content (AvgIpc) is 0.909. The number of benzene rings is 12. The maximum atomic E-state index is 14.4. The summed E-state index contributed by atoms with van der Waals surface area (Å²) >= 11 is 4.54. The molecule has 0 aliphatic carbocycles. The summed E-state index contributed by atoms with van der Waals surface area (Å²) in [5.41, 5.74) is 30.7. The average molecular weight is 1520 g/mol. The van der Waals surface area contributed by atoms with Crippen molar-refractivity contribution in [3.8, 4) is 97.1 Å². The molecule has 9 heterocycles. The van der Waals surface area contributed by atoms with Gasteiger partial charge in [-0.05, 0) is 178 Å². The summed E-state index contributed by atoms with van der Waals surface area (Å²) in [7, 11) is 0. The summed E-state index contributed by atoms with van der Waals surface area (Å²) in [6.45, 7) is 1.93. The first-order chi connectivity index (χ1) is 54.8. The molecule has 0 saturated carbocycles. The topological polar surface area (TPSA) is 249 Å². The van der Waals surface area contributed by atoms with Gasteiger partial charge in [0.05, 0.1) is 46.3 Å². The third-order valence-corrected chi connectivity index (χ3v) is 25.0. The molecule has 6 aliphatic rings. The Hall–Kier alpha value is -14.1. The lowest BCUT2D eigenvalue weighted by Gasteiger charge is -2.28. The molecule has 15 aromatic rings. The summed E-state index contributed by atoms with van der Waals surface area (Å²) < 4.78 is 39.1. The molecular formula is C90H57N7O12S3. The van der Waals surface area contributed by atoms with Crippen LogP contribution in [0.25, 0.3) is 95.0 Å². The highest BCUT2D eigenvalue weighted by atomic mass is 32.1. The number of carbonyl (C=O) groups is 6. The molecule has 6 amide bonds. The molecule has 22 heteroatoms. The van der Waals surface area contributed by atoms with Gasteiger partial charge >= 0.3 is 0 Å². The number of nitrogens with zero attached hydrogens (tertiary/aromatic N) is 4. The van der Waals surface area contributed by atoms with Gasteiger partial charge in [-0.15, -0.1) is 34.0 Å². The van der Waals surface area contributed by atoms with Crippen molar-refractivity contribution in [3.05, 3.63) is 270 Å². The van der Waals surface area contributed by atoms with Crippen LogP contribution in [0.2, 0.25) is 0 Å². The maximum absolute atomic E-state index is 14.4. The fraction of sp³-hybridized carbons (Fsp3) is 0.0667. The SMILES string of the molecule is Nc1ccc(N2C(=O)c3cccc4c(-c5sc(-c6ccc(N(c7ccc(-c8sc(-c9ccc%10c%11c(cccc9%11)C(=O)N(c9ccc(N)cc9)C%10=O)c9c8OCCO9)cc7)c7ccc(-c8sc(-c9ccc%10c%11c(cccc9%11)C(=O)N(c9ccc(N)cc9)C%10=O)c9c8OCCO9)cc7)cc6)c6c5OCCO6)ccc(c34)C2=O)cc1. The third-order valence-electron chi connectivity index (χ3n) is 21.3. The number of anilines is 9. The second kappa shape index (κ2) is 25.5. The molecule has 112 heavy (non-hydrogen) atoms. The van der Waals surface area contributed by atoms with Gasteiger partial charge in [0.25, 0.3) is 35.4 Å². The van der Waals surface area contributed by atoms with E-state index in [1.54, 1.807) is 109 Å². The Balaban J connectivity index is 0.654. The number of hydrogen-bond acceptors (Lipinski definition) is 19. The number of ether oxygens (including phenoxy) is 6. The van der Waals surface area contributed by atoms with Crippen LogP contribution >= 0.6 is 34.0 Å². The molecule has 0 bridgehead atoms. The van der Waals surface area contributed by atoms with Gasteiger partial charge < -0.3 is 50.5 Å². The van der Waals surface area contributed by atoms with E-state index in [9.17, 15) is 28.8 Å². The Labute approximate surface area is 649 Å². The van der Waals surface area contributed by atoms with Crippen molar-refractivity contribution in [1.29, 1.82) is 0 Å². The minimum absolute atomic E-state index is 0.318. The van der Waals surface area contributed by atoms with E-state index in [0.717, 1.165) is 95.9 Å². The Morgan fingerprint density at radius 3 is 0.723 bits per heavy atom. The molecule has 0 unspecified atom stereocenters. The largest absolute Gasteiger partial charge is 0.485 e. The normalized spacial score (nSPS) is 14.6. The summed E-state index contributed by atoms with van der Waals surface area (Å²) in [5.74, 6) is 0.920. The molecule has 6 N–H and O–H groups in total. The van der Waals surface area contributed by atoms with Crippen molar-refractivity contribution in [3.63, 3.8) is 0 Å².